The molecular weight excluding hydrogens is 590 g/mol. The Morgan fingerprint density at radius 2 is 0.955 bits per heavy atom. The first-order chi connectivity index (χ1) is 21.0. The minimum Gasteiger partial charge on any atom is -0.480 e. The van der Waals surface area contributed by atoms with Crippen molar-refractivity contribution in [2.24, 2.45) is 28.7 Å². The van der Waals surface area contributed by atoms with Crippen LogP contribution in [0.3, 0.4) is 0 Å². The van der Waals surface area contributed by atoms with Crippen LogP contribution in [-0.4, -0.2) is 96.8 Å². The molecule has 5 atom stereocenters. The van der Waals surface area contributed by atoms with Crippen LogP contribution in [0, 0.1) is 0 Å². The van der Waals surface area contributed by atoms with Crippen molar-refractivity contribution < 1.29 is 29.1 Å². The quantitative estimate of drug-likeness (QED) is 0.0348. The molecule has 0 aromatic rings. The van der Waals surface area contributed by atoms with Gasteiger partial charge in [-0.1, -0.05) is 0 Å². The van der Waals surface area contributed by atoms with Crippen LogP contribution in [0.15, 0.2) is 0 Å². The van der Waals surface area contributed by atoms with Crippen LogP contribution in [0.1, 0.15) is 83.5 Å². The summed E-state index contributed by atoms with van der Waals surface area (Å²) in [5.74, 6) is -2.65. The van der Waals surface area contributed by atoms with Gasteiger partial charge in [0.15, 0.2) is 0 Å². The smallest absolute Gasteiger partial charge is 0.326 e. The molecule has 0 bridgehead atoms. The van der Waals surface area contributed by atoms with E-state index in [9.17, 15) is 29.1 Å². The number of unbranched alkanes of at least 4 members (excludes halogenated alkanes) is 4. The van der Waals surface area contributed by atoms with Crippen molar-refractivity contribution in [1.29, 1.82) is 0 Å². The zero-order chi connectivity index (χ0) is 33.3. The number of nitrogens with one attached hydrogen (secondary N) is 4. The van der Waals surface area contributed by atoms with Crippen LogP contribution in [0.5, 0.6) is 0 Å². The van der Waals surface area contributed by atoms with Gasteiger partial charge in [-0.15, -0.1) is 0 Å². The van der Waals surface area contributed by atoms with E-state index in [4.69, 9.17) is 28.7 Å². The van der Waals surface area contributed by atoms with E-state index in [0.29, 0.717) is 96.1 Å². The molecule has 15 nitrogen and oxygen atoms in total. The van der Waals surface area contributed by atoms with Crippen LogP contribution in [0.25, 0.3) is 0 Å². The molecule has 0 aliphatic carbocycles. The summed E-state index contributed by atoms with van der Waals surface area (Å²) in [7, 11) is 0. The SMILES string of the molecule is NCCCC[C@H](NC(=O)[C@H](CCCCN)NC(=O)[C@H](CCCCN)NC(=O)[C@@H](N)CCCCNC(=O)[C@@H](N)CCS)C(=O)O. The van der Waals surface area contributed by atoms with Gasteiger partial charge >= 0.3 is 5.97 Å². The third-order valence-corrected chi connectivity index (χ3v) is 7.33. The molecule has 0 aliphatic rings. The topological polar surface area (TPSA) is 284 Å². The standard InChI is InChI=1S/C28H57N9O6S/c29-14-5-1-10-21(35-25(39)19(32)9-4-8-17-34-24(38)20(33)13-18-44)26(40)36-22(11-2-6-15-30)27(41)37-23(28(42)43)12-3-7-16-31/h19-23,44H,1-18,29-33H2,(H,34,38)(H,35,39)(H,36,40)(H,37,41)(H,42,43)/t19-,20-,21-,22-,23-/m0/s1. The Hall–Kier alpha value is -2.50. The Bertz CT molecular complexity index is 854. The second kappa shape index (κ2) is 25.8. The van der Waals surface area contributed by atoms with Gasteiger partial charge in [-0.3, -0.25) is 19.2 Å². The number of rotatable bonds is 27. The highest BCUT2D eigenvalue weighted by atomic mass is 32.1. The normalized spacial score (nSPS) is 14.5. The average Bonchev–Trinajstić information content (AvgIpc) is 2.99. The number of carbonyl (C=O) groups excluding carboxylic acids is 4. The third-order valence-electron chi connectivity index (χ3n) is 7.08. The van der Waals surface area contributed by atoms with Gasteiger partial charge in [0.2, 0.25) is 23.6 Å². The number of amides is 4. The van der Waals surface area contributed by atoms with Crippen LogP contribution in [0.2, 0.25) is 0 Å². The maximum atomic E-state index is 13.4. The van der Waals surface area contributed by atoms with Crippen molar-refractivity contribution in [3.63, 3.8) is 0 Å². The monoisotopic (exact) mass is 647 g/mol. The summed E-state index contributed by atoms with van der Waals surface area (Å²) in [4.78, 5) is 63.0. The second-order valence-corrected chi connectivity index (χ2v) is 11.3. The minimum atomic E-state index is -1.18. The molecule has 0 saturated carbocycles. The van der Waals surface area contributed by atoms with Crippen molar-refractivity contribution in [2.75, 3.05) is 31.9 Å². The molecule has 4 amide bonds. The number of hydrogen-bond acceptors (Lipinski definition) is 11. The van der Waals surface area contributed by atoms with Gasteiger partial charge in [0.1, 0.15) is 18.1 Å². The fraction of sp³-hybridized carbons (Fsp3) is 0.821. The molecule has 0 spiro atoms. The van der Waals surface area contributed by atoms with Gasteiger partial charge in [-0.05, 0) is 109 Å². The zero-order valence-corrected chi connectivity index (χ0v) is 26.8. The average molecular weight is 648 g/mol. The van der Waals surface area contributed by atoms with E-state index in [-0.39, 0.29) is 25.2 Å². The van der Waals surface area contributed by atoms with E-state index in [0.717, 1.165) is 0 Å². The summed E-state index contributed by atoms with van der Waals surface area (Å²) in [6, 6.07) is -4.63. The lowest BCUT2D eigenvalue weighted by Gasteiger charge is -2.25. The highest BCUT2D eigenvalue weighted by molar-refractivity contribution is 7.80. The molecule has 0 saturated heterocycles. The van der Waals surface area contributed by atoms with Crippen molar-refractivity contribution in [3.8, 4) is 0 Å². The number of nitrogens with two attached hydrogens (primary N) is 5. The molecule has 15 N–H and O–H groups in total. The number of carbonyl (C=O) groups is 5. The predicted molar refractivity (Wildman–Crippen MR) is 173 cm³/mol. The van der Waals surface area contributed by atoms with Gasteiger partial charge in [0, 0.05) is 6.54 Å². The van der Waals surface area contributed by atoms with Crippen LogP contribution >= 0.6 is 12.6 Å². The molecule has 0 radical (unpaired) electrons. The first-order valence-electron chi connectivity index (χ1n) is 15.7. The maximum absolute atomic E-state index is 13.4. The van der Waals surface area contributed by atoms with E-state index in [1.807, 2.05) is 0 Å². The Morgan fingerprint density at radius 3 is 1.41 bits per heavy atom. The zero-order valence-electron chi connectivity index (χ0n) is 25.9. The Kier molecular flexibility index (Phi) is 24.3. The molecule has 0 aromatic heterocycles. The van der Waals surface area contributed by atoms with E-state index < -0.39 is 53.9 Å². The predicted octanol–water partition coefficient (Wildman–Crippen LogP) is -1.83. The third kappa shape index (κ3) is 19.0. The first kappa shape index (κ1) is 41.5. The minimum absolute atomic E-state index is 0.202. The molecule has 16 heteroatoms. The number of carboxylic acids is 1. The second-order valence-electron chi connectivity index (χ2n) is 10.9. The Morgan fingerprint density at radius 1 is 0.545 bits per heavy atom. The summed E-state index contributed by atoms with van der Waals surface area (Å²) in [6.07, 6.45) is 6.09. The van der Waals surface area contributed by atoms with E-state index in [1.165, 1.54) is 0 Å². The molecule has 0 aliphatic heterocycles. The fourth-order valence-corrected chi connectivity index (χ4v) is 4.61. The van der Waals surface area contributed by atoms with Gasteiger partial charge < -0.3 is 55.0 Å². The Balaban J connectivity index is 5.28. The Labute approximate surface area is 266 Å². The van der Waals surface area contributed by atoms with Gasteiger partial charge in [0.25, 0.3) is 0 Å². The number of aliphatic carboxylic acids is 1. The van der Waals surface area contributed by atoms with Gasteiger partial charge in [-0.25, -0.2) is 4.79 Å². The summed E-state index contributed by atoms with van der Waals surface area (Å²) in [6.45, 7) is 1.60. The molecule has 0 aromatic carbocycles. The summed E-state index contributed by atoms with van der Waals surface area (Å²) in [5.41, 5.74) is 28.5. The maximum Gasteiger partial charge on any atom is 0.326 e. The van der Waals surface area contributed by atoms with E-state index >= 15 is 0 Å². The first-order valence-corrected chi connectivity index (χ1v) is 16.3. The lowest BCUT2D eigenvalue weighted by Crippen LogP contribution is -2.57. The van der Waals surface area contributed by atoms with Gasteiger partial charge in [0.05, 0.1) is 12.1 Å². The van der Waals surface area contributed by atoms with Crippen molar-refractivity contribution in [3.05, 3.63) is 0 Å². The van der Waals surface area contributed by atoms with Crippen LogP contribution in [-0.2, 0) is 24.0 Å². The summed E-state index contributed by atoms with van der Waals surface area (Å²) in [5, 5.41) is 20.2. The molecule has 0 rings (SSSR count). The number of thiol groups is 1. The van der Waals surface area contributed by atoms with Crippen molar-refractivity contribution in [2.45, 2.75) is 114 Å². The van der Waals surface area contributed by atoms with E-state index in [1.54, 1.807) is 0 Å². The number of carboxylic acid groups (broad SMARTS) is 1. The summed E-state index contributed by atoms with van der Waals surface area (Å²) < 4.78 is 0. The lowest BCUT2D eigenvalue weighted by molar-refractivity contribution is -0.142. The molecule has 0 heterocycles. The highest BCUT2D eigenvalue weighted by Gasteiger charge is 2.30. The van der Waals surface area contributed by atoms with E-state index in [2.05, 4.69) is 33.9 Å². The molecule has 44 heavy (non-hydrogen) atoms. The largest absolute Gasteiger partial charge is 0.480 e. The number of hydrogen-bond donors (Lipinski definition) is 11. The fourth-order valence-electron chi connectivity index (χ4n) is 4.33. The lowest BCUT2D eigenvalue weighted by atomic mass is 10.0. The molecule has 0 fully saturated rings. The highest BCUT2D eigenvalue weighted by Crippen LogP contribution is 2.08. The van der Waals surface area contributed by atoms with Gasteiger partial charge in [-0.2, -0.15) is 12.6 Å². The molecule has 0 unspecified atom stereocenters. The van der Waals surface area contributed by atoms with Crippen LogP contribution in [0.4, 0.5) is 0 Å². The molecule has 256 valence electrons. The molecular formula is C28H57N9O6S. The van der Waals surface area contributed by atoms with Crippen molar-refractivity contribution in [1.82, 2.24) is 21.3 Å². The van der Waals surface area contributed by atoms with Crippen LogP contribution < -0.4 is 49.9 Å². The summed E-state index contributed by atoms with van der Waals surface area (Å²) >= 11 is 4.07. The van der Waals surface area contributed by atoms with Crippen molar-refractivity contribution >= 4 is 42.2 Å².